The summed E-state index contributed by atoms with van der Waals surface area (Å²) in [6.45, 7) is 0.631. The topological polar surface area (TPSA) is 64.1 Å². The number of aromatic nitrogens is 2. The van der Waals surface area contributed by atoms with Gasteiger partial charge in [-0.1, -0.05) is 11.6 Å². The lowest BCUT2D eigenvalue weighted by Crippen LogP contribution is -2.33. The Balaban J connectivity index is 1.99. The SMILES string of the molecule is O=C(Nc1nccnc1Cl)C1CCCCO1. The number of hydrogen-bond acceptors (Lipinski definition) is 4. The number of nitrogens with zero attached hydrogens (tertiary/aromatic N) is 2. The van der Waals surface area contributed by atoms with Crippen LogP contribution in [0.2, 0.25) is 5.15 Å². The Hall–Kier alpha value is -1.20. The lowest BCUT2D eigenvalue weighted by Gasteiger charge is -2.21. The Morgan fingerprint density at radius 1 is 1.44 bits per heavy atom. The van der Waals surface area contributed by atoms with Crippen LogP contribution in [0.25, 0.3) is 0 Å². The molecule has 1 aliphatic rings. The van der Waals surface area contributed by atoms with E-state index in [1.165, 1.54) is 12.4 Å². The fraction of sp³-hybridized carbons (Fsp3) is 0.500. The van der Waals surface area contributed by atoms with E-state index in [-0.39, 0.29) is 16.9 Å². The van der Waals surface area contributed by atoms with Crippen LogP contribution >= 0.6 is 11.6 Å². The third-order valence-corrected chi connectivity index (χ3v) is 2.64. The summed E-state index contributed by atoms with van der Waals surface area (Å²) in [6, 6.07) is 0. The van der Waals surface area contributed by atoms with E-state index in [0.29, 0.717) is 6.61 Å². The molecule has 1 saturated heterocycles. The molecule has 0 bridgehead atoms. The van der Waals surface area contributed by atoms with E-state index < -0.39 is 6.10 Å². The highest BCUT2D eigenvalue weighted by atomic mass is 35.5. The van der Waals surface area contributed by atoms with Gasteiger partial charge in [-0.25, -0.2) is 9.97 Å². The second kappa shape index (κ2) is 5.23. The van der Waals surface area contributed by atoms with Gasteiger partial charge in [-0.15, -0.1) is 0 Å². The molecule has 1 fully saturated rings. The molecule has 86 valence electrons. The first-order chi connectivity index (χ1) is 7.77. The molecular formula is C10H12ClN3O2. The van der Waals surface area contributed by atoms with E-state index in [2.05, 4.69) is 15.3 Å². The number of ether oxygens (including phenoxy) is 1. The molecule has 1 N–H and O–H groups in total. The normalized spacial score (nSPS) is 20.4. The maximum absolute atomic E-state index is 11.8. The van der Waals surface area contributed by atoms with Crippen LogP contribution in [0.5, 0.6) is 0 Å². The molecule has 0 aliphatic carbocycles. The molecule has 1 aromatic heterocycles. The number of amides is 1. The molecule has 0 radical (unpaired) electrons. The minimum atomic E-state index is -0.396. The first kappa shape index (κ1) is 11.3. The second-order valence-corrected chi connectivity index (χ2v) is 3.90. The molecule has 5 nitrogen and oxygen atoms in total. The van der Waals surface area contributed by atoms with Gasteiger partial charge in [0.25, 0.3) is 5.91 Å². The summed E-state index contributed by atoms with van der Waals surface area (Å²) in [4.78, 5) is 19.5. The predicted molar refractivity (Wildman–Crippen MR) is 59.3 cm³/mol. The molecule has 2 rings (SSSR count). The van der Waals surface area contributed by atoms with Crippen LogP contribution in [0.4, 0.5) is 5.82 Å². The molecule has 1 amide bonds. The van der Waals surface area contributed by atoms with Crippen LogP contribution < -0.4 is 5.32 Å². The average Bonchev–Trinajstić information content (AvgIpc) is 2.33. The Morgan fingerprint density at radius 3 is 2.94 bits per heavy atom. The van der Waals surface area contributed by atoms with Gasteiger partial charge in [-0.05, 0) is 19.3 Å². The van der Waals surface area contributed by atoms with E-state index >= 15 is 0 Å². The summed E-state index contributed by atoms with van der Waals surface area (Å²) in [5.74, 6) is 0.0745. The van der Waals surface area contributed by atoms with Crippen molar-refractivity contribution in [3.8, 4) is 0 Å². The van der Waals surface area contributed by atoms with Gasteiger partial charge in [0.15, 0.2) is 11.0 Å². The van der Waals surface area contributed by atoms with Crippen molar-refractivity contribution in [3.05, 3.63) is 17.5 Å². The summed E-state index contributed by atoms with van der Waals surface area (Å²) < 4.78 is 5.35. The van der Waals surface area contributed by atoms with Gasteiger partial charge < -0.3 is 10.1 Å². The summed E-state index contributed by atoms with van der Waals surface area (Å²) in [5, 5.41) is 2.80. The second-order valence-electron chi connectivity index (χ2n) is 3.54. The van der Waals surface area contributed by atoms with Crippen molar-refractivity contribution < 1.29 is 9.53 Å². The van der Waals surface area contributed by atoms with Crippen LogP contribution in [0, 0.1) is 0 Å². The smallest absolute Gasteiger partial charge is 0.254 e. The molecule has 1 aliphatic heterocycles. The van der Waals surface area contributed by atoms with E-state index in [1.54, 1.807) is 0 Å². The Morgan fingerprint density at radius 2 is 2.25 bits per heavy atom. The van der Waals surface area contributed by atoms with E-state index in [0.717, 1.165) is 19.3 Å². The van der Waals surface area contributed by atoms with Gasteiger partial charge >= 0.3 is 0 Å². The minimum Gasteiger partial charge on any atom is -0.368 e. The van der Waals surface area contributed by atoms with Gasteiger partial charge in [-0.2, -0.15) is 0 Å². The number of halogens is 1. The number of anilines is 1. The maximum atomic E-state index is 11.8. The summed E-state index contributed by atoms with van der Waals surface area (Å²) in [6.07, 6.45) is 5.30. The van der Waals surface area contributed by atoms with Gasteiger partial charge in [0.1, 0.15) is 6.10 Å². The molecule has 0 saturated carbocycles. The lowest BCUT2D eigenvalue weighted by molar-refractivity contribution is -0.130. The van der Waals surface area contributed by atoms with E-state index in [9.17, 15) is 4.79 Å². The van der Waals surface area contributed by atoms with Gasteiger partial charge in [-0.3, -0.25) is 4.79 Å². The van der Waals surface area contributed by atoms with Crippen LogP contribution in [0.15, 0.2) is 12.4 Å². The van der Waals surface area contributed by atoms with Crippen molar-refractivity contribution in [1.82, 2.24) is 9.97 Å². The Kier molecular flexibility index (Phi) is 3.69. The van der Waals surface area contributed by atoms with Crippen molar-refractivity contribution >= 4 is 23.3 Å². The third-order valence-electron chi connectivity index (χ3n) is 2.37. The van der Waals surface area contributed by atoms with Gasteiger partial charge in [0, 0.05) is 19.0 Å². The van der Waals surface area contributed by atoms with Gasteiger partial charge in [0.2, 0.25) is 0 Å². The molecule has 0 aromatic carbocycles. The van der Waals surface area contributed by atoms with Crippen molar-refractivity contribution in [3.63, 3.8) is 0 Å². The fourth-order valence-electron chi connectivity index (χ4n) is 1.55. The summed E-state index contributed by atoms with van der Waals surface area (Å²) in [5.41, 5.74) is 0. The number of rotatable bonds is 2. The molecule has 1 aromatic rings. The molecule has 6 heteroatoms. The summed E-state index contributed by atoms with van der Waals surface area (Å²) >= 11 is 5.78. The van der Waals surface area contributed by atoms with E-state index in [1.807, 2.05) is 0 Å². The Bertz CT molecular complexity index is 380. The van der Waals surface area contributed by atoms with Crippen molar-refractivity contribution in [2.24, 2.45) is 0 Å². The van der Waals surface area contributed by atoms with Crippen LogP contribution in [-0.4, -0.2) is 28.6 Å². The molecule has 0 spiro atoms. The number of hydrogen-bond donors (Lipinski definition) is 1. The first-order valence-electron chi connectivity index (χ1n) is 5.16. The molecule has 2 heterocycles. The zero-order chi connectivity index (χ0) is 11.4. The zero-order valence-electron chi connectivity index (χ0n) is 8.65. The summed E-state index contributed by atoms with van der Waals surface area (Å²) in [7, 11) is 0. The van der Waals surface area contributed by atoms with Gasteiger partial charge in [0.05, 0.1) is 0 Å². The quantitative estimate of drug-likeness (QED) is 0.855. The van der Waals surface area contributed by atoms with Crippen molar-refractivity contribution in [1.29, 1.82) is 0 Å². The highest BCUT2D eigenvalue weighted by Crippen LogP contribution is 2.17. The number of nitrogens with one attached hydrogen (secondary N) is 1. The number of carbonyl (C=O) groups excluding carboxylic acids is 1. The molecule has 1 atom stereocenters. The monoisotopic (exact) mass is 241 g/mol. The standard InChI is InChI=1S/C10H12ClN3O2/c11-8-9(13-5-4-12-8)14-10(15)7-3-1-2-6-16-7/h4-5,7H,1-3,6H2,(H,13,14,15). The fourth-order valence-corrected chi connectivity index (χ4v) is 1.70. The highest BCUT2D eigenvalue weighted by molar-refractivity contribution is 6.32. The zero-order valence-corrected chi connectivity index (χ0v) is 9.41. The first-order valence-corrected chi connectivity index (χ1v) is 5.54. The molecule has 16 heavy (non-hydrogen) atoms. The van der Waals surface area contributed by atoms with Crippen molar-refractivity contribution in [2.75, 3.05) is 11.9 Å². The largest absolute Gasteiger partial charge is 0.368 e. The Labute approximate surface area is 98.2 Å². The highest BCUT2D eigenvalue weighted by Gasteiger charge is 2.22. The van der Waals surface area contributed by atoms with Crippen LogP contribution in [0.3, 0.4) is 0 Å². The van der Waals surface area contributed by atoms with E-state index in [4.69, 9.17) is 16.3 Å². The molecule has 1 unspecified atom stereocenters. The molecular weight excluding hydrogens is 230 g/mol. The average molecular weight is 242 g/mol. The van der Waals surface area contributed by atoms with Crippen LogP contribution in [0.1, 0.15) is 19.3 Å². The third kappa shape index (κ3) is 2.68. The lowest BCUT2D eigenvalue weighted by atomic mass is 10.1. The van der Waals surface area contributed by atoms with Crippen LogP contribution in [-0.2, 0) is 9.53 Å². The minimum absolute atomic E-state index is 0.187. The number of carbonyl (C=O) groups is 1. The maximum Gasteiger partial charge on any atom is 0.254 e. The predicted octanol–water partition coefficient (Wildman–Crippen LogP) is 1.64. The van der Waals surface area contributed by atoms with Crippen molar-refractivity contribution in [2.45, 2.75) is 25.4 Å².